The smallest absolute Gasteiger partial charge is 0.359 e. The fourth-order valence-corrected chi connectivity index (χ4v) is 6.59. The third-order valence-corrected chi connectivity index (χ3v) is 8.36. The summed E-state index contributed by atoms with van der Waals surface area (Å²) in [5.41, 5.74) is 2.73. The summed E-state index contributed by atoms with van der Waals surface area (Å²) in [7, 11) is 0. The van der Waals surface area contributed by atoms with Gasteiger partial charge in [-0.25, -0.2) is 4.98 Å². The van der Waals surface area contributed by atoms with Gasteiger partial charge in [0.2, 0.25) is 11.8 Å². The summed E-state index contributed by atoms with van der Waals surface area (Å²) in [6.45, 7) is 0.825. The first-order valence-corrected chi connectivity index (χ1v) is 12.5. The van der Waals surface area contributed by atoms with Crippen LogP contribution in [0.2, 0.25) is 0 Å². The number of piperidine rings is 1. The monoisotopic (exact) mass is 508 g/mol. The number of likely N-dealkylation sites (tertiary alicyclic amines) is 1. The molecule has 1 saturated heterocycles. The molecule has 37 heavy (non-hydrogen) atoms. The largest absolute Gasteiger partial charge is 0.406 e. The third-order valence-electron chi connectivity index (χ3n) is 8.36. The van der Waals surface area contributed by atoms with Crippen molar-refractivity contribution in [2.24, 2.45) is 0 Å². The summed E-state index contributed by atoms with van der Waals surface area (Å²) in [5.74, 6) is -0.353. The molecule has 0 radical (unpaired) electrons. The molecule has 4 aliphatic rings. The second-order valence-electron chi connectivity index (χ2n) is 10.4. The van der Waals surface area contributed by atoms with E-state index >= 15 is 0 Å². The molecule has 1 aromatic heterocycles. The summed E-state index contributed by atoms with van der Waals surface area (Å²) in [6, 6.07) is 11.8. The third kappa shape index (κ3) is 3.83. The van der Waals surface area contributed by atoms with Crippen LogP contribution >= 0.6 is 0 Å². The van der Waals surface area contributed by atoms with Gasteiger partial charge in [-0.2, -0.15) is 13.2 Å². The molecule has 6 nitrogen and oxygen atoms in total. The fraction of sp³-hybridized carbons (Fsp3) is 0.393. The van der Waals surface area contributed by atoms with E-state index in [2.05, 4.69) is 10.3 Å². The average molecular weight is 509 g/mol. The van der Waals surface area contributed by atoms with Gasteiger partial charge in [-0.05, 0) is 37.0 Å². The molecule has 4 heterocycles. The van der Waals surface area contributed by atoms with E-state index in [9.17, 15) is 22.8 Å². The van der Waals surface area contributed by atoms with Crippen molar-refractivity contribution in [1.82, 2.24) is 14.8 Å². The van der Waals surface area contributed by atoms with Crippen molar-refractivity contribution in [3.8, 4) is 0 Å². The summed E-state index contributed by atoms with van der Waals surface area (Å²) in [6.07, 6.45) is 2.30. The SMILES string of the molecule is C[C@@H]1[C@H](c2ccccc2)C[C@H](N2CC=CC3=C2C[C@]2(C3)C(=O)Nc3ncccc32)C(=O)N1CC(F)(F)F. The van der Waals surface area contributed by atoms with Gasteiger partial charge in [0.15, 0.2) is 0 Å². The van der Waals surface area contributed by atoms with Crippen molar-refractivity contribution in [2.45, 2.75) is 55.8 Å². The lowest BCUT2D eigenvalue weighted by atomic mass is 9.78. The van der Waals surface area contributed by atoms with E-state index < -0.39 is 36.1 Å². The summed E-state index contributed by atoms with van der Waals surface area (Å²) < 4.78 is 40.8. The molecule has 192 valence electrons. The molecule has 0 unspecified atom stereocenters. The van der Waals surface area contributed by atoms with Crippen molar-refractivity contribution >= 4 is 17.6 Å². The van der Waals surface area contributed by atoms with Crippen LogP contribution in [0.3, 0.4) is 0 Å². The molecule has 0 bridgehead atoms. The van der Waals surface area contributed by atoms with Crippen LogP contribution in [0.5, 0.6) is 0 Å². The molecule has 4 atom stereocenters. The zero-order chi connectivity index (χ0) is 25.9. The number of pyridine rings is 1. The predicted molar refractivity (Wildman–Crippen MR) is 131 cm³/mol. The molecule has 6 rings (SSSR count). The maximum Gasteiger partial charge on any atom is 0.406 e. The van der Waals surface area contributed by atoms with Crippen LogP contribution in [0.15, 0.2) is 72.1 Å². The van der Waals surface area contributed by atoms with Gasteiger partial charge < -0.3 is 15.1 Å². The Morgan fingerprint density at radius 2 is 1.89 bits per heavy atom. The molecular formula is C28H27F3N4O2. The topological polar surface area (TPSA) is 65.5 Å². The molecule has 1 fully saturated rings. The maximum atomic E-state index is 13.7. The second-order valence-corrected chi connectivity index (χ2v) is 10.4. The highest BCUT2D eigenvalue weighted by Gasteiger charge is 2.54. The fourth-order valence-electron chi connectivity index (χ4n) is 6.59. The van der Waals surface area contributed by atoms with E-state index in [1.54, 1.807) is 19.2 Å². The summed E-state index contributed by atoms with van der Waals surface area (Å²) in [4.78, 5) is 34.2. The first-order valence-electron chi connectivity index (χ1n) is 12.5. The quantitative estimate of drug-likeness (QED) is 0.662. The van der Waals surface area contributed by atoms with Gasteiger partial charge in [-0.3, -0.25) is 9.59 Å². The second kappa shape index (κ2) is 8.46. The van der Waals surface area contributed by atoms with Crippen molar-refractivity contribution < 1.29 is 22.8 Å². The Bertz CT molecular complexity index is 1320. The highest BCUT2D eigenvalue weighted by atomic mass is 19.4. The number of aromatic nitrogens is 1. The van der Waals surface area contributed by atoms with E-state index in [1.165, 1.54) is 0 Å². The zero-order valence-corrected chi connectivity index (χ0v) is 20.3. The maximum absolute atomic E-state index is 13.7. The molecule has 1 aromatic carbocycles. The Kier molecular flexibility index (Phi) is 5.43. The van der Waals surface area contributed by atoms with Crippen LogP contribution in [-0.2, 0) is 15.0 Å². The lowest BCUT2D eigenvalue weighted by Crippen LogP contribution is -2.59. The Morgan fingerprint density at radius 3 is 2.65 bits per heavy atom. The zero-order valence-electron chi connectivity index (χ0n) is 20.3. The summed E-state index contributed by atoms with van der Waals surface area (Å²) in [5, 5.41) is 2.89. The van der Waals surface area contributed by atoms with Gasteiger partial charge in [-0.15, -0.1) is 0 Å². The van der Waals surface area contributed by atoms with Crippen LogP contribution in [0.1, 0.15) is 43.2 Å². The van der Waals surface area contributed by atoms with Gasteiger partial charge in [0.05, 0.1) is 5.41 Å². The number of allylic oxidation sites excluding steroid dienone is 3. The molecule has 9 heteroatoms. The van der Waals surface area contributed by atoms with Crippen molar-refractivity contribution in [1.29, 1.82) is 0 Å². The van der Waals surface area contributed by atoms with Crippen LogP contribution < -0.4 is 5.32 Å². The number of hydrogen-bond donors (Lipinski definition) is 1. The van der Waals surface area contributed by atoms with Crippen LogP contribution in [-0.4, -0.2) is 57.9 Å². The Balaban J connectivity index is 1.36. The van der Waals surface area contributed by atoms with Crippen LogP contribution in [0.4, 0.5) is 19.0 Å². The minimum atomic E-state index is -4.50. The van der Waals surface area contributed by atoms with E-state index in [0.717, 1.165) is 27.3 Å². The standard InChI is InChI=1S/C28H27F3N4O2/c1-17-20(18-7-3-2-4-8-18)13-22(25(36)35(17)16-28(29,30)31)34-12-6-9-19-14-27(15-23(19)34)21-10-5-11-32-24(21)33-26(27)37/h2-11,17,20,22H,12-16H2,1H3,(H,32,33,37)/t17-,20-,22+,27+/m1/s1. The number of nitrogens with zero attached hydrogens (tertiary/aromatic N) is 3. The highest BCUT2D eigenvalue weighted by molar-refractivity contribution is 6.06. The lowest BCUT2D eigenvalue weighted by Gasteiger charge is -2.47. The number of anilines is 1. The number of halogens is 3. The van der Waals surface area contributed by atoms with Crippen LogP contribution in [0, 0.1) is 0 Å². The number of rotatable bonds is 3. The van der Waals surface area contributed by atoms with Gasteiger partial charge in [-0.1, -0.05) is 48.6 Å². The van der Waals surface area contributed by atoms with Gasteiger partial charge >= 0.3 is 6.18 Å². The first kappa shape index (κ1) is 23.8. The number of hydrogen-bond acceptors (Lipinski definition) is 4. The number of nitrogens with one attached hydrogen (secondary N) is 1. The van der Waals surface area contributed by atoms with Crippen LogP contribution in [0.25, 0.3) is 0 Å². The first-order chi connectivity index (χ1) is 17.7. The number of fused-ring (bicyclic) bond motifs is 2. The number of alkyl halides is 3. The number of benzene rings is 1. The van der Waals surface area contributed by atoms with Gasteiger partial charge in [0, 0.05) is 42.4 Å². The molecule has 2 amide bonds. The van der Waals surface area contributed by atoms with Crippen molar-refractivity contribution in [3.63, 3.8) is 0 Å². The van der Waals surface area contributed by atoms with E-state index in [4.69, 9.17) is 0 Å². The minimum absolute atomic E-state index is 0.131. The van der Waals surface area contributed by atoms with E-state index in [0.29, 0.717) is 31.6 Å². The predicted octanol–water partition coefficient (Wildman–Crippen LogP) is 4.53. The molecule has 2 aromatic rings. The molecule has 1 aliphatic carbocycles. The number of amides is 2. The van der Waals surface area contributed by atoms with Crippen molar-refractivity contribution in [2.75, 3.05) is 18.4 Å². The Labute approximate surface area is 212 Å². The summed E-state index contributed by atoms with van der Waals surface area (Å²) >= 11 is 0. The molecule has 3 aliphatic heterocycles. The highest BCUT2D eigenvalue weighted by Crippen LogP contribution is 2.53. The van der Waals surface area contributed by atoms with E-state index in [1.807, 2.05) is 53.5 Å². The van der Waals surface area contributed by atoms with E-state index in [-0.39, 0.29) is 11.8 Å². The minimum Gasteiger partial charge on any atom is -0.359 e. The molecular weight excluding hydrogens is 481 g/mol. The van der Waals surface area contributed by atoms with Crippen molar-refractivity contribution in [3.05, 3.63) is 83.2 Å². The lowest BCUT2D eigenvalue weighted by molar-refractivity contribution is -0.173. The van der Waals surface area contributed by atoms with Gasteiger partial charge in [0.1, 0.15) is 18.4 Å². The molecule has 1 N–H and O–H groups in total. The number of carbonyl (C=O) groups excluding carboxylic acids is 2. The molecule has 1 spiro atoms. The normalized spacial score (nSPS) is 29.1. The number of carbonyl (C=O) groups is 2. The average Bonchev–Trinajstić information content (AvgIpc) is 3.40. The van der Waals surface area contributed by atoms with Gasteiger partial charge in [0.25, 0.3) is 0 Å². The Morgan fingerprint density at radius 1 is 1.11 bits per heavy atom. The Hall–Kier alpha value is -3.62. The molecule has 0 saturated carbocycles.